The lowest BCUT2D eigenvalue weighted by Crippen LogP contribution is -2.30. The lowest BCUT2D eigenvalue weighted by molar-refractivity contribution is 0.630. The minimum Gasteiger partial charge on any atom is -0.344 e. The highest BCUT2D eigenvalue weighted by Crippen LogP contribution is 2.49. The average Bonchev–Trinajstić information content (AvgIpc) is 2.92. The number of hydrogen-bond acceptors (Lipinski definition) is 1. The van der Waals surface area contributed by atoms with E-state index in [4.69, 9.17) is 0 Å². The molecule has 1 aromatic heterocycles. The highest BCUT2D eigenvalue weighted by Gasteiger charge is 2.35. The van der Waals surface area contributed by atoms with E-state index in [0.717, 1.165) is 0 Å². The Bertz CT molecular complexity index is 1150. The van der Waals surface area contributed by atoms with Crippen LogP contribution in [0.2, 0.25) is 0 Å². The molecule has 0 aliphatic carbocycles. The van der Waals surface area contributed by atoms with Gasteiger partial charge in [0.1, 0.15) is 0 Å². The second-order valence-electron chi connectivity index (χ2n) is 7.66. The fourth-order valence-corrected chi connectivity index (χ4v) is 4.54. The van der Waals surface area contributed by atoms with Gasteiger partial charge in [0.05, 0.1) is 0 Å². The molecular weight excluding hydrogens is 304 g/mol. The number of aromatic nitrogens is 1. The molecular formula is C23H22N2. The zero-order valence-electron chi connectivity index (χ0n) is 15.2. The Labute approximate surface area is 148 Å². The van der Waals surface area contributed by atoms with Crippen LogP contribution in [0.5, 0.6) is 0 Å². The molecule has 0 amide bonds. The molecule has 1 aliphatic rings. The third kappa shape index (κ3) is 1.74. The van der Waals surface area contributed by atoms with Gasteiger partial charge in [-0.2, -0.15) is 0 Å². The van der Waals surface area contributed by atoms with Gasteiger partial charge in [-0.1, -0.05) is 50.2 Å². The van der Waals surface area contributed by atoms with Crippen molar-refractivity contribution in [1.29, 1.82) is 0 Å². The van der Waals surface area contributed by atoms with Crippen molar-refractivity contribution in [3.8, 4) is 0 Å². The lowest BCUT2D eigenvalue weighted by atomic mass is 9.73. The van der Waals surface area contributed by atoms with Crippen molar-refractivity contribution in [1.82, 2.24) is 4.57 Å². The second kappa shape index (κ2) is 4.66. The van der Waals surface area contributed by atoms with Crippen LogP contribution in [0.15, 0.2) is 60.7 Å². The summed E-state index contributed by atoms with van der Waals surface area (Å²) in [6, 6.07) is 22.2. The van der Waals surface area contributed by atoms with Gasteiger partial charge in [-0.05, 0) is 35.4 Å². The number of rotatable bonds is 0. The van der Waals surface area contributed by atoms with Crippen molar-refractivity contribution in [2.24, 2.45) is 7.05 Å². The van der Waals surface area contributed by atoms with E-state index in [1.807, 2.05) is 0 Å². The first-order chi connectivity index (χ1) is 12.0. The van der Waals surface area contributed by atoms with Crippen molar-refractivity contribution >= 4 is 33.2 Å². The zero-order chi connectivity index (χ0) is 17.3. The number of hydrogen-bond donors (Lipinski definition) is 0. The third-order valence-electron chi connectivity index (χ3n) is 6.00. The van der Waals surface area contributed by atoms with Gasteiger partial charge in [-0.25, -0.2) is 0 Å². The first kappa shape index (κ1) is 14.6. The van der Waals surface area contributed by atoms with Crippen molar-refractivity contribution in [3.63, 3.8) is 0 Å². The molecule has 124 valence electrons. The van der Waals surface area contributed by atoms with E-state index in [9.17, 15) is 0 Å². The fraction of sp³-hybridized carbons (Fsp3) is 0.217. The van der Waals surface area contributed by atoms with E-state index >= 15 is 0 Å². The molecule has 0 spiro atoms. The normalized spacial score (nSPS) is 15.4. The molecule has 3 aromatic carbocycles. The van der Waals surface area contributed by atoms with Gasteiger partial charge in [0.2, 0.25) is 0 Å². The first-order valence-electron chi connectivity index (χ1n) is 8.85. The highest BCUT2D eigenvalue weighted by molar-refractivity contribution is 6.10. The molecule has 0 saturated heterocycles. The fourth-order valence-electron chi connectivity index (χ4n) is 4.54. The van der Waals surface area contributed by atoms with Crippen molar-refractivity contribution < 1.29 is 0 Å². The van der Waals surface area contributed by atoms with Gasteiger partial charge >= 0.3 is 0 Å². The Morgan fingerprint density at radius 2 is 1.40 bits per heavy atom. The van der Waals surface area contributed by atoms with Crippen LogP contribution >= 0.6 is 0 Å². The monoisotopic (exact) mass is 326 g/mol. The molecule has 0 unspecified atom stereocenters. The van der Waals surface area contributed by atoms with E-state index in [2.05, 4.69) is 98.1 Å². The predicted molar refractivity (Wildman–Crippen MR) is 107 cm³/mol. The van der Waals surface area contributed by atoms with Crippen LogP contribution in [-0.4, -0.2) is 11.6 Å². The molecule has 0 N–H and O–H groups in total. The summed E-state index contributed by atoms with van der Waals surface area (Å²) >= 11 is 0. The largest absolute Gasteiger partial charge is 0.344 e. The Balaban J connectivity index is 1.92. The molecule has 1 aliphatic heterocycles. The lowest BCUT2D eigenvalue weighted by Gasteiger charge is -2.40. The van der Waals surface area contributed by atoms with Crippen LogP contribution in [0.4, 0.5) is 11.4 Å². The Hall–Kier alpha value is -2.74. The summed E-state index contributed by atoms with van der Waals surface area (Å²) in [5, 5.41) is 2.66. The minimum absolute atomic E-state index is 0.0108. The predicted octanol–water partition coefficient (Wildman–Crippen LogP) is 5.74. The smallest absolute Gasteiger partial charge is 0.0493 e. The van der Waals surface area contributed by atoms with E-state index in [1.54, 1.807) is 0 Å². The summed E-state index contributed by atoms with van der Waals surface area (Å²) in [4.78, 5) is 2.34. The van der Waals surface area contributed by atoms with E-state index in [1.165, 1.54) is 44.3 Å². The van der Waals surface area contributed by atoms with Gasteiger partial charge < -0.3 is 9.47 Å². The summed E-state index contributed by atoms with van der Waals surface area (Å²) in [7, 11) is 4.36. The van der Waals surface area contributed by atoms with Crippen LogP contribution in [0.25, 0.3) is 21.8 Å². The van der Waals surface area contributed by atoms with Crippen molar-refractivity contribution in [3.05, 3.63) is 71.8 Å². The maximum absolute atomic E-state index is 2.40. The Morgan fingerprint density at radius 3 is 2.24 bits per heavy atom. The second-order valence-corrected chi connectivity index (χ2v) is 7.66. The van der Waals surface area contributed by atoms with Crippen LogP contribution in [0, 0.1) is 0 Å². The Morgan fingerprint density at radius 1 is 0.680 bits per heavy atom. The molecule has 25 heavy (non-hydrogen) atoms. The molecule has 0 radical (unpaired) electrons. The molecule has 4 aromatic rings. The molecule has 0 saturated carbocycles. The van der Waals surface area contributed by atoms with Crippen LogP contribution in [0.3, 0.4) is 0 Å². The van der Waals surface area contributed by atoms with Crippen LogP contribution in [0.1, 0.15) is 25.0 Å². The van der Waals surface area contributed by atoms with E-state index < -0.39 is 0 Å². The number of anilines is 2. The quantitative estimate of drug-likeness (QED) is 0.400. The zero-order valence-corrected chi connectivity index (χ0v) is 15.2. The maximum atomic E-state index is 2.40. The summed E-state index contributed by atoms with van der Waals surface area (Å²) in [6.07, 6.45) is 0. The standard InChI is InChI=1S/C23H22N2/c1-23(2)17-10-6-8-12-20(17)25(4)22-13-16-15-9-5-7-11-19(15)24(3)21(16)14-18(22)23/h5-14H,1-4H3. The van der Waals surface area contributed by atoms with Crippen molar-refractivity contribution in [2.75, 3.05) is 11.9 Å². The van der Waals surface area contributed by atoms with Gasteiger partial charge in [-0.3, -0.25) is 0 Å². The molecule has 2 nitrogen and oxygen atoms in total. The van der Waals surface area contributed by atoms with Gasteiger partial charge in [0.25, 0.3) is 0 Å². The summed E-state index contributed by atoms with van der Waals surface area (Å²) in [5.74, 6) is 0. The maximum Gasteiger partial charge on any atom is 0.0493 e. The Kier molecular flexibility index (Phi) is 2.72. The minimum atomic E-state index is -0.0108. The highest BCUT2D eigenvalue weighted by atomic mass is 15.1. The molecule has 0 atom stereocenters. The molecule has 5 rings (SSSR count). The number of para-hydroxylation sites is 2. The molecule has 2 heterocycles. The van der Waals surface area contributed by atoms with E-state index in [-0.39, 0.29) is 5.41 Å². The first-order valence-corrected chi connectivity index (χ1v) is 8.85. The topological polar surface area (TPSA) is 8.17 Å². The van der Waals surface area contributed by atoms with E-state index in [0.29, 0.717) is 0 Å². The molecule has 0 fully saturated rings. The molecule has 0 bridgehead atoms. The number of nitrogens with zero attached hydrogens (tertiary/aromatic N) is 2. The SMILES string of the molecule is CN1c2ccccc2C(C)(C)c2cc3c(cc21)c1ccccc1n3C. The van der Waals surface area contributed by atoms with Crippen molar-refractivity contribution in [2.45, 2.75) is 19.3 Å². The van der Waals surface area contributed by atoms with Crippen LogP contribution < -0.4 is 4.90 Å². The third-order valence-corrected chi connectivity index (χ3v) is 6.00. The summed E-state index contributed by atoms with van der Waals surface area (Å²) in [6.45, 7) is 4.68. The summed E-state index contributed by atoms with van der Waals surface area (Å²) in [5.41, 5.74) is 7.99. The van der Waals surface area contributed by atoms with Gasteiger partial charge in [-0.15, -0.1) is 0 Å². The number of fused-ring (bicyclic) bond motifs is 5. The van der Waals surface area contributed by atoms with Gasteiger partial charge in [0.15, 0.2) is 0 Å². The number of aryl methyl sites for hydroxylation is 1. The number of benzene rings is 3. The summed E-state index contributed by atoms with van der Waals surface area (Å²) < 4.78 is 2.32. The van der Waals surface area contributed by atoms with Gasteiger partial charge in [0, 0.05) is 52.7 Å². The average molecular weight is 326 g/mol. The molecule has 2 heteroatoms. The van der Waals surface area contributed by atoms with Crippen LogP contribution in [-0.2, 0) is 12.5 Å².